The normalized spacial score (nSPS) is 14.4. The molecule has 1 aromatic rings. The van der Waals surface area contributed by atoms with E-state index in [9.17, 15) is 0 Å². The first-order valence-corrected chi connectivity index (χ1v) is 6.64. The van der Waals surface area contributed by atoms with Gasteiger partial charge in [0.1, 0.15) is 5.75 Å². The summed E-state index contributed by atoms with van der Waals surface area (Å²) in [7, 11) is 0. The van der Waals surface area contributed by atoms with Gasteiger partial charge in [0.25, 0.3) is 0 Å². The molecule has 2 heteroatoms. The average Bonchev–Trinajstić information content (AvgIpc) is 2.29. The van der Waals surface area contributed by atoms with Crippen LogP contribution < -0.4 is 10.1 Å². The zero-order valence-electron chi connectivity index (χ0n) is 11.5. The van der Waals surface area contributed by atoms with Crippen molar-refractivity contribution in [3.8, 4) is 5.75 Å². The Bertz CT molecular complexity index is 324. The second-order valence-electron chi connectivity index (χ2n) is 4.62. The molecule has 0 fully saturated rings. The Morgan fingerprint density at radius 1 is 1.24 bits per heavy atom. The van der Waals surface area contributed by atoms with Gasteiger partial charge < -0.3 is 10.1 Å². The number of hydrogen-bond acceptors (Lipinski definition) is 2. The van der Waals surface area contributed by atoms with Crippen molar-refractivity contribution in [3.63, 3.8) is 0 Å². The Hall–Kier alpha value is -1.02. The van der Waals surface area contributed by atoms with Gasteiger partial charge in [-0.15, -0.1) is 0 Å². The number of rotatable bonds is 7. The first-order chi connectivity index (χ1) is 8.15. The molecule has 2 unspecified atom stereocenters. The zero-order valence-corrected chi connectivity index (χ0v) is 11.5. The third kappa shape index (κ3) is 5.22. The van der Waals surface area contributed by atoms with Crippen molar-refractivity contribution in [1.82, 2.24) is 5.32 Å². The van der Waals surface area contributed by atoms with Gasteiger partial charge in [0.05, 0.1) is 6.10 Å². The number of nitrogens with one attached hydrogen (secondary N) is 1. The predicted molar refractivity (Wildman–Crippen MR) is 73.7 cm³/mol. The summed E-state index contributed by atoms with van der Waals surface area (Å²) in [6.07, 6.45) is 2.33. The molecule has 0 heterocycles. The number of aryl methyl sites for hydroxylation is 1. The molecule has 1 aromatic carbocycles. The first kappa shape index (κ1) is 14.0. The van der Waals surface area contributed by atoms with Crippen molar-refractivity contribution in [3.05, 3.63) is 29.8 Å². The van der Waals surface area contributed by atoms with E-state index in [1.807, 2.05) is 6.07 Å². The minimum Gasteiger partial charge on any atom is -0.491 e. The van der Waals surface area contributed by atoms with E-state index in [0.717, 1.165) is 25.1 Å². The van der Waals surface area contributed by atoms with Gasteiger partial charge in [-0.2, -0.15) is 0 Å². The van der Waals surface area contributed by atoms with E-state index in [4.69, 9.17) is 4.74 Å². The van der Waals surface area contributed by atoms with Crippen LogP contribution in [0, 0.1) is 0 Å². The SMILES string of the molecule is CCNC(C)CC(C)Oc1cccc(CC)c1. The summed E-state index contributed by atoms with van der Waals surface area (Å²) in [6, 6.07) is 8.87. The van der Waals surface area contributed by atoms with Crippen LogP contribution in [0.4, 0.5) is 0 Å². The molecule has 0 amide bonds. The molecule has 1 N–H and O–H groups in total. The molecule has 0 spiro atoms. The largest absolute Gasteiger partial charge is 0.491 e. The van der Waals surface area contributed by atoms with Gasteiger partial charge >= 0.3 is 0 Å². The van der Waals surface area contributed by atoms with Crippen molar-refractivity contribution in [2.45, 2.75) is 52.7 Å². The average molecular weight is 235 g/mol. The second kappa shape index (κ2) is 7.33. The Balaban J connectivity index is 2.46. The molecular formula is C15H25NO. The zero-order chi connectivity index (χ0) is 12.7. The maximum absolute atomic E-state index is 5.93. The summed E-state index contributed by atoms with van der Waals surface area (Å²) in [5.74, 6) is 0.987. The number of hydrogen-bond donors (Lipinski definition) is 1. The Kier molecular flexibility index (Phi) is 6.06. The molecule has 2 nitrogen and oxygen atoms in total. The number of ether oxygens (including phenoxy) is 1. The van der Waals surface area contributed by atoms with E-state index in [1.54, 1.807) is 0 Å². The molecule has 0 aliphatic carbocycles. The summed E-state index contributed by atoms with van der Waals surface area (Å²) in [5.41, 5.74) is 1.33. The van der Waals surface area contributed by atoms with Crippen LogP contribution in [0.15, 0.2) is 24.3 Å². The lowest BCUT2D eigenvalue weighted by Crippen LogP contribution is -2.30. The van der Waals surface area contributed by atoms with Gasteiger partial charge in [-0.05, 0) is 50.9 Å². The Morgan fingerprint density at radius 3 is 2.65 bits per heavy atom. The van der Waals surface area contributed by atoms with Crippen LogP contribution in [0.2, 0.25) is 0 Å². The molecule has 0 aliphatic rings. The summed E-state index contributed by atoms with van der Waals surface area (Å²) in [6.45, 7) is 9.64. The second-order valence-corrected chi connectivity index (χ2v) is 4.62. The molecular weight excluding hydrogens is 210 g/mol. The summed E-state index contributed by atoms with van der Waals surface area (Å²) in [4.78, 5) is 0. The highest BCUT2D eigenvalue weighted by atomic mass is 16.5. The molecule has 0 aliphatic heterocycles. The first-order valence-electron chi connectivity index (χ1n) is 6.64. The van der Waals surface area contributed by atoms with Gasteiger partial charge in [-0.3, -0.25) is 0 Å². The third-order valence-corrected chi connectivity index (χ3v) is 2.88. The van der Waals surface area contributed by atoms with Crippen LogP contribution >= 0.6 is 0 Å². The monoisotopic (exact) mass is 235 g/mol. The van der Waals surface area contributed by atoms with Gasteiger partial charge in [-0.25, -0.2) is 0 Å². The van der Waals surface area contributed by atoms with Crippen LogP contribution in [-0.2, 0) is 6.42 Å². The third-order valence-electron chi connectivity index (χ3n) is 2.88. The van der Waals surface area contributed by atoms with Crippen LogP contribution in [0.25, 0.3) is 0 Å². The highest BCUT2D eigenvalue weighted by molar-refractivity contribution is 5.28. The molecule has 0 saturated carbocycles. The highest BCUT2D eigenvalue weighted by Crippen LogP contribution is 2.16. The standard InChI is InChI=1S/C15H25NO/c1-5-14-8-7-9-15(11-14)17-13(4)10-12(3)16-6-2/h7-9,11-13,16H,5-6,10H2,1-4H3. The smallest absolute Gasteiger partial charge is 0.119 e. The maximum atomic E-state index is 5.93. The minimum atomic E-state index is 0.246. The lowest BCUT2D eigenvalue weighted by Gasteiger charge is -2.19. The quantitative estimate of drug-likeness (QED) is 0.782. The van der Waals surface area contributed by atoms with Gasteiger partial charge in [0.15, 0.2) is 0 Å². The van der Waals surface area contributed by atoms with Crippen LogP contribution in [0.3, 0.4) is 0 Å². The Labute approximate surface area is 105 Å². The number of benzene rings is 1. The molecule has 1 rings (SSSR count). The fourth-order valence-corrected chi connectivity index (χ4v) is 2.05. The van der Waals surface area contributed by atoms with Crippen LogP contribution in [0.1, 0.15) is 39.7 Å². The van der Waals surface area contributed by atoms with Crippen LogP contribution in [0.5, 0.6) is 5.75 Å². The molecule has 0 bridgehead atoms. The fraction of sp³-hybridized carbons (Fsp3) is 0.600. The van der Waals surface area contributed by atoms with Crippen molar-refractivity contribution >= 4 is 0 Å². The summed E-state index contributed by atoms with van der Waals surface area (Å²) < 4.78 is 5.93. The molecule has 0 radical (unpaired) electrons. The lowest BCUT2D eigenvalue weighted by atomic mass is 10.1. The van der Waals surface area contributed by atoms with Crippen molar-refractivity contribution in [2.75, 3.05) is 6.54 Å². The van der Waals surface area contributed by atoms with E-state index in [0.29, 0.717) is 6.04 Å². The highest BCUT2D eigenvalue weighted by Gasteiger charge is 2.09. The molecule has 0 aromatic heterocycles. The van der Waals surface area contributed by atoms with E-state index < -0.39 is 0 Å². The van der Waals surface area contributed by atoms with E-state index >= 15 is 0 Å². The van der Waals surface area contributed by atoms with E-state index in [1.165, 1.54) is 5.56 Å². The lowest BCUT2D eigenvalue weighted by molar-refractivity contribution is 0.196. The summed E-state index contributed by atoms with van der Waals surface area (Å²) >= 11 is 0. The van der Waals surface area contributed by atoms with Gasteiger partial charge in [-0.1, -0.05) is 26.0 Å². The van der Waals surface area contributed by atoms with Crippen LogP contribution in [-0.4, -0.2) is 18.7 Å². The molecule has 96 valence electrons. The van der Waals surface area contributed by atoms with Gasteiger partial charge in [0, 0.05) is 6.04 Å². The van der Waals surface area contributed by atoms with Crippen molar-refractivity contribution in [2.24, 2.45) is 0 Å². The minimum absolute atomic E-state index is 0.246. The molecule has 0 saturated heterocycles. The van der Waals surface area contributed by atoms with E-state index in [2.05, 4.69) is 51.2 Å². The summed E-state index contributed by atoms with van der Waals surface area (Å²) in [5, 5.41) is 3.40. The fourth-order valence-electron chi connectivity index (χ4n) is 2.05. The Morgan fingerprint density at radius 2 is 2.00 bits per heavy atom. The molecule has 17 heavy (non-hydrogen) atoms. The topological polar surface area (TPSA) is 21.3 Å². The maximum Gasteiger partial charge on any atom is 0.119 e. The van der Waals surface area contributed by atoms with E-state index in [-0.39, 0.29) is 6.10 Å². The van der Waals surface area contributed by atoms with Crippen molar-refractivity contribution in [1.29, 1.82) is 0 Å². The van der Waals surface area contributed by atoms with Gasteiger partial charge in [0.2, 0.25) is 0 Å². The van der Waals surface area contributed by atoms with Crippen molar-refractivity contribution < 1.29 is 4.74 Å². The molecule has 2 atom stereocenters. The predicted octanol–water partition coefficient (Wildman–Crippen LogP) is 3.40.